The molecule has 2 aliphatic rings. The van der Waals surface area contributed by atoms with Crippen LogP contribution in [0.5, 0.6) is 0 Å². The zero-order valence-corrected chi connectivity index (χ0v) is 14.2. The van der Waals surface area contributed by atoms with Crippen LogP contribution in [-0.2, 0) is 4.79 Å². The van der Waals surface area contributed by atoms with E-state index < -0.39 is 0 Å². The van der Waals surface area contributed by atoms with Crippen LogP contribution in [0.15, 0.2) is 30.2 Å². The first-order chi connectivity index (χ1) is 10.7. The number of rotatable bonds is 1. The number of nitrogens with zero attached hydrogens (tertiary/aromatic N) is 1. The molecule has 0 spiro atoms. The standard InChI is InChI=1S/C13H14N2O2S.C2H6.C2H4/c1-8-6-7-10(12(16)14-8)15-13(17)9-4-2-3-5-11(9)18-15;2*1-2/h4-5,10H,1-3,6-7H2,(H,14,16);1-2H3;1-2H2. The van der Waals surface area contributed by atoms with Crippen molar-refractivity contribution in [2.24, 2.45) is 0 Å². The van der Waals surface area contributed by atoms with Crippen LogP contribution in [0.1, 0.15) is 45.6 Å². The molecule has 1 N–H and O–H groups in total. The molecule has 120 valence electrons. The van der Waals surface area contributed by atoms with Crippen LogP contribution in [0.4, 0.5) is 0 Å². The third-order valence-corrected chi connectivity index (χ3v) is 4.54. The maximum absolute atomic E-state index is 12.3. The maximum atomic E-state index is 12.3. The zero-order valence-electron chi connectivity index (χ0n) is 13.4. The molecular weight excluding hydrogens is 296 g/mol. The van der Waals surface area contributed by atoms with E-state index in [4.69, 9.17) is 0 Å². The van der Waals surface area contributed by atoms with Crippen molar-refractivity contribution < 1.29 is 4.79 Å². The summed E-state index contributed by atoms with van der Waals surface area (Å²) in [6.45, 7) is 13.8. The molecule has 1 atom stereocenters. The Morgan fingerprint density at radius 3 is 2.45 bits per heavy atom. The number of carbonyl (C=O) groups is 1. The monoisotopic (exact) mass is 320 g/mol. The first kappa shape index (κ1) is 18.2. The lowest BCUT2D eigenvalue weighted by molar-refractivity contribution is -0.124. The molecule has 3 rings (SSSR count). The van der Waals surface area contributed by atoms with E-state index in [1.807, 2.05) is 19.9 Å². The van der Waals surface area contributed by atoms with Crippen LogP contribution in [0.3, 0.4) is 0 Å². The number of fused-ring (bicyclic) bond motifs is 1. The van der Waals surface area contributed by atoms with Gasteiger partial charge in [-0.15, -0.1) is 13.2 Å². The molecule has 5 heteroatoms. The van der Waals surface area contributed by atoms with Crippen molar-refractivity contribution in [2.45, 2.75) is 45.6 Å². The van der Waals surface area contributed by atoms with Gasteiger partial charge >= 0.3 is 0 Å². The minimum absolute atomic E-state index is 0.0291. The molecule has 1 aromatic rings. The van der Waals surface area contributed by atoms with Crippen molar-refractivity contribution in [3.05, 3.63) is 45.5 Å². The Balaban J connectivity index is 0.000000561. The molecule has 1 unspecified atom stereocenters. The van der Waals surface area contributed by atoms with Crippen LogP contribution in [0.25, 0.3) is 12.2 Å². The van der Waals surface area contributed by atoms with E-state index >= 15 is 0 Å². The topological polar surface area (TPSA) is 51.1 Å². The average molecular weight is 320 g/mol. The van der Waals surface area contributed by atoms with Gasteiger partial charge in [-0.25, -0.2) is 0 Å². The van der Waals surface area contributed by atoms with Gasteiger partial charge in [-0.05, 0) is 25.7 Å². The lowest BCUT2D eigenvalue weighted by Crippen LogP contribution is -2.42. The summed E-state index contributed by atoms with van der Waals surface area (Å²) in [5.41, 5.74) is 0.711. The Kier molecular flexibility index (Phi) is 7.05. The molecule has 0 aromatic carbocycles. The Morgan fingerprint density at radius 2 is 1.86 bits per heavy atom. The predicted octanol–water partition coefficient (Wildman–Crippen LogP) is 2.06. The molecule has 2 heterocycles. The zero-order chi connectivity index (χ0) is 16.7. The van der Waals surface area contributed by atoms with Crippen molar-refractivity contribution in [1.82, 2.24) is 9.27 Å². The van der Waals surface area contributed by atoms with Crippen molar-refractivity contribution >= 4 is 29.6 Å². The maximum Gasteiger partial charge on any atom is 0.268 e. The number of amides is 1. The second-order valence-corrected chi connectivity index (χ2v) is 5.65. The van der Waals surface area contributed by atoms with Gasteiger partial charge in [0.2, 0.25) is 5.91 Å². The predicted molar refractivity (Wildman–Crippen MR) is 94.1 cm³/mol. The number of piperidine rings is 1. The van der Waals surface area contributed by atoms with Crippen LogP contribution < -0.4 is 20.6 Å². The lowest BCUT2D eigenvalue weighted by atomic mass is 10.1. The summed E-state index contributed by atoms with van der Waals surface area (Å²) in [6.07, 6.45) is 7.33. The number of allylic oxidation sites excluding steroid dienone is 1. The summed E-state index contributed by atoms with van der Waals surface area (Å²) in [7, 11) is 0. The van der Waals surface area contributed by atoms with Crippen molar-refractivity contribution in [3.8, 4) is 0 Å². The highest BCUT2D eigenvalue weighted by Crippen LogP contribution is 2.20. The van der Waals surface area contributed by atoms with Gasteiger partial charge in [-0.2, -0.15) is 0 Å². The lowest BCUT2D eigenvalue weighted by Gasteiger charge is -2.23. The fourth-order valence-electron chi connectivity index (χ4n) is 2.39. The van der Waals surface area contributed by atoms with E-state index in [1.54, 1.807) is 3.96 Å². The van der Waals surface area contributed by atoms with Gasteiger partial charge in [0.25, 0.3) is 5.56 Å². The second kappa shape index (κ2) is 8.54. The molecule has 22 heavy (non-hydrogen) atoms. The Bertz CT molecular complexity index is 712. The molecular formula is C17H24N2O2S. The normalized spacial score (nSPS) is 19.1. The number of aromatic nitrogens is 1. The van der Waals surface area contributed by atoms with E-state index in [0.717, 1.165) is 34.7 Å². The molecule has 1 aromatic heterocycles. The highest BCUT2D eigenvalue weighted by molar-refractivity contribution is 7.04. The van der Waals surface area contributed by atoms with E-state index in [-0.39, 0.29) is 17.5 Å². The second-order valence-electron chi connectivity index (χ2n) is 4.63. The summed E-state index contributed by atoms with van der Waals surface area (Å²) in [6, 6.07) is -0.375. The van der Waals surface area contributed by atoms with Gasteiger partial charge in [0, 0.05) is 5.70 Å². The van der Waals surface area contributed by atoms with Gasteiger partial charge in [-0.3, -0.25) is 13.5 Å². The average Bonchev–Trinajstić information content (AvgIpc) is 2.89. The van der Waals surface area contributed by atoms with Crippen LogP contribution in [0.2, 0.25) is 0 Å². The minimum Gasteiger partial charge on any atom is -0.329 e. The summed E-state index contributed by atoms with van der Waals surface area (Å²) in [4.78, 5) is 24.2. The Morgan fingerprint density at radius 1 is 1.23 bits per heavy atom. The largest absolute Gasteiger partial charge is 0.329 e. The Hall–Kier alpha value is -1.88. The van der Waals surface area contributed by atoms with Crippen molar-refractivity contribution in [2.75, 3.05) is 0 Å². The van der Waals surface area contributed by atoms with Gasteiger partial charge in [-0.1, -0.05) is 44.1 Å². The first-order valence-electron chi connectivity index (χ1n) is 7.57. The fourth-order valence-corrected chi connectivity index (χ4v) is 3.57. The number of hydrogen-bond donors (Lipinski definition) is 1. The van der Waals surface area contributed by atoms with Gasteiger partial charge in [0.05, 0.1) is 9.75 Å². The smallest absolute Gasteiger partial charge is 0.268 e. The number of nitrogens with one attached hydrogen (secondary N) is 1. The quantitative estimate of drug-likeness (QED) is 0.805. The van der Waals surface area contributed by atoms with Gasteiger partial charge in [0.1, 0.15) is 6.04 Å². The number of carbonyl (C=O) groups excluding carboxylic acids is 1. The molecule has 1 fully saturated rings. The SMILES string of the molecule is C=C.C=C1CCC(n2sc3c(c2=O)=CCCC=3)C(=O)N1.CC. The van der Waals surface area contributed by atoms with Crippen LogP contribution in [0, 0.1) is 0 Å². The molecule has 0 radical (unpaired) electrons. The minimum atomic E-state index is -0.375. The molecule has 0 saturated carbocycles. The summed E-state index contributed by atoms with van der Waals surface area (Å²) in [5.74, 6) is -0.119. The highest BCUT2D eigenvalue weighted by atomic mass is 32.1. The molecule has 1 aliphatic carbocycles. The molecule has 0 bridgehead atoms. The number of hydrogen-bond acceptors (Lipinski definition) is 3. The van der Waals surface area contributed by atoms with Crippen LogP contribution in [-0.4, -0.2) is 9.86 Å². The third kappa shape index (κ3) is 3.65. The van der Waals surface area contributed by atoms with E-state index in [2.05, 4.69) is 31.1 Å². The first-order valence-corrected chi connectivity index (χ1v) is 8.35. The summed E-state index contributed by atoms with van der Waals surface area (Å²) in [5, 5.41) is 3.50. The Labute approximate surface area is 135 Å². The summed E-state index contributed by atoms with van der Waals surface area (Å²) >= 11 is 1.40. The molecule has 1 aliphatic heterocycles. The highest BCUT2D eigenvalue weighted by Gasteiger charge is 2.27. The molecule has 1 saturated heterocycles. The van der Waals surface area contributed by atoms with Crippen molar-refractivity contribution in [3.63, 3.8) is 0 Å². The van der Waals surface area contributed by atoms with Gasteiger partial charge < -0.3 is 5.32 Å². The summed E-state index contributed by atoms with van der Waals surface area (Å²) < 4.78 is 2.62. The molecule has 4 nitrogen and oxygen atoms in total. The van der Waals surface area contributed by atoms with E-state index in [9.17, 15) is 9.59 Å². The molecule has 1 amide bonds. The van der Waals surface area contributed by atoms with E-state index in [0.29, 0.717) is 6.42 Å². The third-order valence-electron chi connectivity index (χ3n) is 3.34. The van der Waals surface area contributed by atoms with Crippen molar-refractivity contribution in [1.29, 1.82) is 0 Å². The fraction of sp³-hybridized carbons (Fsp3) is 0.412. The van der Waals surface area contributed by atoms with Crippen LogP contribution >= 0.6 is 11.5 Å². The van der Waals surface area contributed by atoms with E-state index in [1.165, 1.54) is 11.5 Å². The van der Waals surface area contributed by atoms with Gasteiger partial charge in [0.15, 0.2) is 0 Å².